The Labute approximate surface area is 153 Å². The van der Waals surface area contributed by atoms with Crippen molar-refractivity contribution in [1.29, 1.82) is 0 Å². The fraction of sp³-hybridized carbons (Fsp3) is 0.316. The fourth-order valence-electron chi connectivity index (χ4n) is 3.64. The van der Waals surface area contributed by atoms with E-state index < -0.39 is 16.2 Å². The molecule has 1 atom stereocenters. The first-order valence-corrected chi connectivity index (χ1v) is 9.93. The van der Waals surface area contributed by atoms with Crippen LogP contribution in [0.25, 0.3) is 0 Å². The number of anilines is 1. The highest BCUT2D eigenvalue weighted by atomic mass is 32.2. The van der Waals surface area contributed by atoms with Gasteiger partial charge in [0.15, 0.2) is 0 Å². The van der Waals surface area contributed by atoms with Crippen molar-refractivity contribution >= 4 is 21.6 Å². The molecule has 1 saturated heterocycles. The Balaban J connectivity index is 1.88. The Morgan fingerprint density at radius 3 is 2.54 bits per heavy atom. The van der Waals surface area contributed by atoms with E-state index in [-0.39, 0.29) is 10.8 Å². The van der Waals surface area contributed by atoms with E-state index in [1.54, 1.807) is 54.5 Å². The first-order chi connectivity index (χ1) is 12.4. The van der Waals surface area contributed by atoms with Gasteiger partial charge in [0.05, 0.1) is 17.7 Å². The van der Waals surface area contributed by atoms with E-state index >= 15 is 0 Å². The van der Waals surface area contributed by atoms with Crippen LogP contribution in [0.4, 0.5) is 5.69 Å². The molecule has 2 heterocycles. The monoisotopic (exact) mass is 372 g/mol. The highest BCUT2D eigenvalue weighted by Crippen LogP contribution is 2.41. The second kappa shape index (κ2) is 6.02. The number of rotatable bonds is 3. The Kier molecular flexibility index (Phi) is 3.91. The summed E-state index contributed by atoms with van der Waals surface area (Å²) in [4.78, 5) is 14.2. The highest BCUT2D eigenvalue weighted by Gasteiger charge is 2.45. The molecule has 2 aliphatic heterocycles. The third kappa shape index (κ3) is 2.54. The smallest absolute Gasteiger partial charge is 0.266 e. The van der Waals surface area contributed by atoms with Crippen LogP contribution in [0, 0.1) is 6.92 Å². The summed E-state index contributed by atoms with van der Waals surface area (Å²) >= 11 is 0. The van der Waals surface area contributed by atoms with E-state index in [1.165, 1.54) is 4.31 Å². The van der Waals surface area contributed by atoms with Crippen LogP contribution in [-0.4, -0.2) is 32.5 Å². The SMILES string of the molecule is COc1ccc2c(c1)CN1C(=O)CC[C@@H]1N2S(=O)(=O)c1ccc(C)cc1. The van der Waals surface area contributed by atoms with Crippen molar-refractivity contribution < 1.29 is 17.9 Å². The minimum absolute atomic E-state index is 0.0208. The number of ether oxygens (including phenoxy) is 1. The number of benzene rings is 2. The van der Waals surface area contributed by atoms with Crippen molar-refractivity contribution in [3.63, 3.8) is 0 Å². The van der Waals surface area contributed by atoms with Crippen LogP contribution < -0.4 is 9.04 Å². The molecule has 0 spiro atoms. The zero-order chi connectivity index (χ0) is 18.5. The number of nitrogens with zero attached hydrogens (tertiary/aromatic N) is 2. The molecule has 2 aromatic rings. The van der Waals surface area contributed by atoms with Gasteiger partial charge in [-0.1, -0.05) is 17.7 Å². The summed E-state index contributed by atoms with van der Waals surface area (Å²) in [6.45, 7) is 2.31. The Bertz CT molecular complexity index is 970. The minimum atomic E-state index is -3.79. The molecule has 2 aliphatic rings. The molecule has 136 valence electrons. The predicted molar refractivity (Wildman–Crippen MR) is 97.4 cm³/mol. The van der Waals surface area contributed by atoms with E-state index in [0.29, 0.717) is 30.8 Å². The van der Waals surface area contributed by atoms with Gasteiger partial charge in [-0.25, -0.2) is 12.7 Å². The van der Waals surface area contributed by atoms with Gasteiger partial charge in [0.2, 0.25) is 5.91 Å². The number of fused-ring (bicyclic) bond motifs is 2. The average molecular weight is 372 g/mol. The maximum atomic E-state index is 13.4. The number of amides is 1. The number of carbonyl (C=O) groups is 1. The van der Waals surface area contributed by atoms with Crippen molar-refractivity contribution in [3.8, 4) is 5.75 Å². The van der Waals surface area contributed by atoms with Crippen LogP contribution in [0.5, 0.6) is 5.75 Å². The normalized spacial score (nSPS) is 19.3. The molecule has 0 unspecified atom stereocenters. The van der Waals surface area contributed by atoms with Crippen LogP contribution in [0.1, 0.15) is 24.0 Å². The zero-order valence-electron chi connectivity index (χ0n) is 14.7. The van der Waals surface area contributed by atoms with Crippen LogP contribution in [0.2, 0.25) is 0 Å². The zero-order valence-corrected chi connectivity index (χ0v) is 15.5. The molecule has 0 bridgehead atoms. The first-order valence-electron chi connectivity index (χ1n) is 8.49. The number of carbonyl (C=O) groups excluding carboxylic acids is 1. The summed E-state index contributed by atoms with van der Waals surface area (Å²) in [5.74, 6) is 0.620. The van der Waals surface area contributed by atoms with Crippen LogP contribution in [0.3, 0.4) is 0 Å². The van der Waals surface area contributed by atoms with E-state index in [1.807, 2.05) is 6.92 Å². The van der Waals surface area contributed by atoms with Gasteiger partial charge in [0.25, 0.3) is 10.0 Å². The number of hydrogen-bond acceptors (Lipinski definition) is 4. The van der Waals surface area contributed by atoms with Crippen molar-refractivity contribution in [3.05, 3.63) is 53.6 Å². The molecule has 0 N–H and O–H groups in total. The molecule has 1 fully saturated rings. The molecule has 0 radical (unpaired) electrons. The van der Waals surface area contributed by atoms with Crippen LogP contribution >= 0.6 is 0 Å². The topological polar surface area (TPSA) is 66.9 Å². The van der Waals surface area contributed by atoms with Crippen molar-refractivity contribution in [2.45, 2.75) is 37.4 Å². The molecule has 1 amide bonds. The van der Waals surface area contributed by atoms with Crippen molar-refractivity contribution in [2.75, 3.05) is 11.4 Å². The molecule has 4 rings (SSSR count). The third-order valence-electron chi connectivity index (χ3n) is 5.01. The lowest BCUT2D eigenvalue weighted by atomic mass is 10.1. The Morgan fingerprint density at radius 2 is 1.85 bits per heavy atom. The van der Waals surface area contributed by atoms with E-state index in [2.05, 4.69) is 0 Å². The molecule has 2 aromatic carbocycles. The molecule has 26 heavy (non-hydrogen) atoms. The second-order valence-corrected chi connectivity index (χ2v) is 8.46. The maximum Gasteiger partial charge on any atom is 0.266 e. The van der Waals surface area contributed by atoms with Crippen molar-refractivity contribution in [1.82, 2.24) is 4.90 Å². The largest absolute Gasteiger partial charge is 0.497 e. The average Bonchev–Trinajstić information content (AvgIpc) is 3.00. The lowest BCUT2D eigenvalue weighted by molar-refractivity contribution is -0.129. The number of methoxy groups -OCH3 is 1. The molecule has 0 aliphatic carbocycles. The predicted octanol–water partition coefficient (Wildman–Crippen LogP) is 2.66. The van der Waals surface area contributed by atoms with Gasteiger partial charge in [-0.15, -0.1) is 0 Å². The van der Waals surface area contributed by atoms with Crippen LogP contribution in [0.15, 0.2) is 47.4 Å². The summed E-state index contributed by atoms with van der Waals surface area (Å²) in [5, 5.41) is 0. The van der Waals surface area contributed by atoms with Crippen LogP contribution in [-0.2, 0) is 21.4 Å². The summed E-state index contributed by atoms with van der Waals surface area (Å²) in [6, 6.07) is 12.1. The fourth-order valence-corrected chi connectivity index (χ4v) is 5.33. The summed E-state index contributed by atoms with van der Waals surface area (Å²) in [5.41, 5.74) is 2.37. The lowest BCUT2D eigenvalue weighted by Crippen LogP contribution is -2.52. The summed E-state index contributed by atoms with van der Waals surface area (Å²) in [6.07, 6.45) is 0.375. The Morgan fingerprint density at radius 1 is 1.12 bits per heavy atom. The third-order valence-corrected chi connectivity index (χ3v) is 6.84. The van der Waals surface area contributed by atoms with Gasteiger partial charge >= 0.3 is 0 Å². The van der Waals surface area contributed by atoms with E-state index in [0.717, 1.165) is 11.1 Å². The number of sulfonamides is 1. The molecular weight excluding hydrogens is 352 g/mol. The maximum absolute atomic E-state index is 13.4. The van der Waals surface area contributed by atoms with Gasteiger partial charge in [-0.05, 0) is 49.2 Å². The van der Waals surface area contributed by atoms with E-state index in [4.69, 9.17) is 4.74 Å². The quantitative estimate of drug-likeness (QED) is 0.831. The minimum Gasteiger partial charge on any atom is -0.497 e. The standard InChI is InChI=1S/C19H20N2O4S/c1-13-3-6-16(7-4-13)26(23,24)21-17-8-5-15(25-2)11-14(17)12-20-18(21)9-10-19(20)22/h3-8,11,18H,9-10,12H2,1-2H3/t18-/m0/s1. The second-order valence-electron chi connectivity index (χ2n) is 6.65. The molecule has 0 saturated carbocycles. The molecule has 7 heteroatoms. The molecular formula is C19H20N2O4S. The molecule has 6 nitrogen and oxygen atoms in total. The number of hydrogen-bond donors (Lipinski definition) is 0. The first kappa shape index (κ1) is 16.9. The van der Waals surface area contributed by atoms with E-state index in [9.17, 15) is 13.2 Å². The highest BCUT2D eigenvalue weighted by molar-refractivity contribution is 7.92. The van der Waals surface area contributed by atoms with Crippen molar-refractivity contribution in [2.24, 2.45) is 0 Å². The summed E-state index contributed by atoms with van der Waals surface area (Å²) < 4.78 is 33.5. The molecule has 0 aromatic heterocycles. The van der Waals surface area contributed by atoms with Gasteiger partial charge in [-0.2, -0.15) is 0 Å². The van der Waals surface area contributed by atoms with Gasteiger partial charge in [0, 0.05) is 13.0 Å². The lowest BCUT2D eigenvalue weighted by Gasteiger charge is -2.41. The van der Waals surface area contributed by atoms with Gasteiger partial charge in [0.1, 0.15) is 11.9 Å². The van der Waals surface area contributed by atoms with Gasteiger partial charge in [-0.3, -0.25) is 4.79 Å². The summed E-state index contributed by atoms with van der Waals surface area (Å²) in [7, 11) is -2.23. The number of aryl methyl sites for hydroxylation is 1. The van der Waals surface area contributed by atoms with Gasteiger partial charge < -0.3 is 9.64 Å². The Hall–Kier alpha value is -2.54.